The van der Waals surface area contributed by atoms with Crippen molar-refractivity contribution in [3.05, 3.63) is 28.2 Å². The van der Waals surface area contributed by atoms with Crippen LogP contribution in [0.3, 0.4) is 0 Å². The molecule has 134 valence electrons. The number of halogens is 2. The fraction of sp³-hybridized carbons (Fsp3) is 0.333. The van der Waals surface area contributed by atoms with Crippen LogP contribution in [-0.2, 0) is 14.3 Å². The van der Waals surface area contributed by atoms with Crippen LogP contribution in [0.2, 0.25) is 10.0 Å². The number of benzene rings is 1. The molecule has 1 aromatic rings. The van der Waals surface area contributed by atoms with E-state index >= 15 is 0 Å². The second kappa shape index (κ2) is 8.17. The molecule has 10 heteroatoms. The van der Waals surface area contributed by atoms with Crippen LogP contribution >= 0.6 is 23.2 Å². The maximum atomic E-state index is 11.9. The van der Waals surface area contributed by atoms with Crippen molar-refractivity contribution in [1.82, 2.24) is 10.3 Å². The molecular formula is C15H16Cl2N4O4. The van der Waals surface area contributed by atoms with Crippen molar-refractivity contribution in [3.8, 4) is 0 Å². The molecule has 1 atom stereocenters. The van der Waals surface area contributed by atoms with E-state index in [1.807, 2.05) is 0 Å². The zero-order valence-electron chi connectivity index (χ0n) is 13.5. The Morgan fingerprint density at radius 2 is 2.04 bits per heavy atom. The first-order chi connectivity index (χ1) is 11.8. The average molecular weight is 387 g/mol. The van der Waals surface area contributed by atoms with E-state index in [-0.39, 0.29) is 18.2 Å². The van der Waals surface area contributed by atoms with Crippen LogP contribution in [0.5, 0.6) is 0 Å². The standard InChI is InChI=1S/C15H16Cl2N4O4/c1-8(21-12(14(23)25-2)5-6-13(21)22)19-20-15(24)18-9-3-4-10(16)11(17)7-9/h3-4,7,12H,5-6H2,1-2H3,(H2,18,20,24)/b19-8-/t12-/m0/s1. The minimum atomic E-state index is -0.735. The predicted octanol–water partition coefficient (Wildman–Crippen LogP) is 2.61. The smallest absolute Gasteiger partial charge is 0.339 e. The third-order valence-electron chi connectivity index (χ3n) is 3.53. The van der Waals surface area contributed by atoms with Crippen molar-refractivity contribution in [1.29, 1.82) is 0 Å². The van der Waals surface area contributed by atoms with Crippen LogP contribution in [0, 0.1) is 0 Å². The van der Waals surface area contributed by atoms with Gasteiger partial charge in [-0.25, -0.2) is 15.0 Å². The number of carbonyl (C=O) groups excluding carboxylic acids is 3. The van der Waals surface area contributed by atoms with Gasteiger partial charge in [0.25, 0.3) is 0 Å². The summed E-state index contributed by atoms with van der Waals surface area (Å²) in [6.45, 7) is 1.51. The summed E-state index contributed by atoms with van der Waals surface area (Å²) in [5.41, 5.74) is 2.68. The summed E-state index contributed by atoms with van der Waals surface area (Å²) in [6, 6.07) is 3.22. The Labute approximate surface area is 154 Å². The Morgan fingerprint density at radius 1 is 1.32 bits per heavy atom. The summed E-state index contributed by atoms with van der Waals surface area (Å²) >= 11 is 11.7. The summed E-state index contributed by atoms with van der Waals surface area (Å²) < 4.78 is 4.68. The number of methoxy groups -OCH3 is 1. The highest BCUT2D eigenvalue weighted by Gasteiger charge is 2.38. The molecule has 25 heavy (non-hydrogen) atoms. The molecule has 0 saturated carbocycles. The first-order valence-corrected chi connectivity index (χ1v) is 8.05. The lowest BCUT2D eigenvalue weighted by Gasteiger charge is -2.21. The Morgan fingerprint density at radius 3 is 2.68 bits per heavy atom. The first-order valence-electron chi connectivity index (χ1n) is 7.29. The number of hydrogen-bond donors (Lipinski definition) is 2. The Hall–Kier alpha value is -2.32. The molecule has 0 bridgehead atoms. The summed E-state index contributed by atoms with van der Waals surface area (Å²) in [6.07, 6.45) is 0.552. The first kappa shape index (κ1) is 19.0. The number of anilines is 1. The summed E-state index contributed by atoms with van der Waals surface area (Å²) in [5.74, 6) is -0.605. The van der Waals surface area contributed by atoms with Gasteiger partial charge in [0, 0.05) is 12.1 Å². The number of nitrogens with one attached hydrogen (secondary N) is 2. The third kappa shape index (κ3) is 4.61. The molecule has 0 aliphatic carbocycles. The normalized spacial score (nSPS) is 17.4. The predicted molar refractivity (Wildman–Crippen MR) is 93.6 cm³/mol. The molecular weight excluding hydrogens is 371 g/mol. The number of hydrazone groups is 1. The number of nitrogens with zero attached hydrogens (tertiary/aromatic N) is 2. The number of amides is 3. The molecule has 1 fully saturated rings. The van der Waals surface area contributed by atoms with Crippen molar-refractivity contribution < 1.29 is 19.1 Å². The van der Waals surface area contributed by atoms with Crippen LogP contribution in [-0.4, -0.2) is 41.8 Å². The molecule has 2 rings (SSSR count). The SMILES string of the molecule is COC(=O)[C@@H]1CCC(=O)N1/C(C)=N\NC(=O)Nc1ccc(Cl)c(Cl)c1. The number of rotatable bonds is 3. The fourth-order valence-electron chi connectivity index (χ4n) is 2.37. The van der Waals surface area contributed by atoms with E-state index in [0.717, 1.165) is 0 Å². The van der Waals surface area contributed by atoms with E-state index in [4.69, 9.17) is 23.2 Å². The largest absolute Gasteiger partial charge is 0.467 e. The topological polar surface area (TPSA) is 100 Å². The Bertz CT molecular complexity index is 738. The molecule has 1 heterocycles. The lowest BCUT2D eigenvalue weighted by atomic mass is 10.2. The molecule has 0 radical (unpaired) electrons. The van der Waals surface area contributed by atoms with Gasteiger partial charge in [-0.2, -0.15) is 5.10 Å². The van der Waals surface area contributed by atoms with E-state index in [1.54, 1.807) is 6.07 Å². The van der Waals surface area contributed by atoms with Gasteiger partial charge in [-0.15, -0.1) is 0 Å². The van der Waals surface area contributed by atoms with E-state index in [9.17, 15) is 14.4 Å². The summed E-state index contributed by atoms with van der Waals surface area (Å²) in [7, 11) is 1.25. The van der Waals surface area contributed by atoms with Gasteiger partial charge in [0.15, 0.2) is 0 Å². The Kier molecular flexibility index (Phi) is 6.22. The molecule has 1 aliphatic heterocycles. The third-order valence-corrected chi connectivity index (χ3v) is 4.27. The molecule has 0 unspecified atom stereocenters. The van der Waals surface area contributed by atoms with Gasteiger partial charge >= 0.3 is 12.0 Å². The number of esters is 1. The molecule has 3 amide bonds. The van der Waals surface area contributed by atoms with Crippen LogP contribution in [0.1, 0.15) is 19.8 Å². The van der Waals surface area contributed by atoms with Gasteiger partial charge in [0.2, 0.25) is 5.91 Å². The second-order valence-electron chi connectivity index (χ2n) is 5.20. The van der Waals surface area contributed by atoms with Gasteiger partial charge in [0.05, 0.1) is 17.2 Å². The van der Waals surface area contributed by atoms with E-state index < -0.39 is 18.0 Å². The van der Waals surface area contributed by atoms with Crippen molar-refractivity contribution in [3.63, 3.8) is 0 Å². The van der Waals surface area contributed by atoms with Gasteiger partial charge in [-0.05, 0) is 31.5 Å². The van der Waals surface area contributed by atoms with Gasteiger partial charge in [-0.1, -0.05) is 23.2 Å². The molecule has 2 N–H and O–H groups in total. The highest BCUT2D eigenvalue weighted by Crippen LogP contribution is 2.25. The molecule has 8 nitrogen and oxygen atoms in total. The highest BCUT2D eigenvalue weighted by molar-refractivity contribution is 6.42. The molecule has 1 aliphatic rings. The van der Waals surface area contributed by atoms with Gasteiger partial charge in [0.1, 0.15) is 11.9 Å². The van der Waals surface area contributed by atoms with Crippen LogP contribution in [0.4, 0.5) is 10.5 Å². The maximum absolute atomic E-state index is 11.9. The monoisotopic (exact) mass is 386 g/mol. The van der Waals surface area contributed by atoms with Crippen LogP contribution < -0.4 is 10.7 Å². The zero-order valence-corrected chi connectivity index (χ0v) is 15.0. The summed E-state index contributed by atoms with van der Waals surface area (Å²) in [4.78, 5) is 36.7. The van der Waals surface area contributed by atoms with E-state index in [1.165, 1.54) is 31.1 Å². The van der Waals surface area contributed by atoms with Gasteiger partial charge in [-0.3, -0.25) is 9.69 Å². The maximum Gasteiger partial charge on any atom is 0.339 e. The number of urea groups is 1. The zero-order chi connectivity index (χ0) is 18.6. The lowest BCUT2D eigenvalue weighted by molar-refractivity contribution is -0.146. The lowest BCUT2D eigenvalue weighted by Crippen LogP contribution is -2.43. The van der Waals surface area contributed by atoms with Crippen molar-refractivity contribution in [2.24, 2.45) is 5.10 Å². The number of amidine groups is 1. The number of carbonyl (C=O) groups is 3. The Balaban J connectivity index is 2.01. The highest BCUT2D eigenvalue weighted by atomic mass is 35.5. The molecule has 0 aromatic heterocycles. The second-order valence-corrected chi connectivity index (χ2v) is 6.01. The van der Waals surface area contributed by atoms with Crippen molar-refractivity contribution >= 4 is 52.6 Å². The van der Waals surface area contributed by atoms with E-state index in [0.29, 0.717) is 22.2 Å². The van der Waals surface area contributed by atoms with E-state index in [2.05, 4.69) is 20.6 Å². The number of ether oxygens (including phenoxy) is 1. The van der Waals surface area contributed by atoms with Crippen LogP contribution in [0.15, 0.2) is 23.3 Å². The number of likely N-dealkylation sites (tertiary alicyclic amines) is 1. The summed E-state index contributed by atoms with van der Waals surface area (Å²) in [5, 5.41) is 7.03. The minimum absolute atomic E-state index is 0.183. The average Bonchev–Trinajstić information content (AvgIpc) is 2.97. The van der Waals surface area contributed by atoms with Crippen molar-refractivity contribution in [2.45, 2.75) is 25.8 Å². The minimum Gasteiger partial charge on any atom is -0.467 e. The molecule has 0 spiro atoms. The molecule has 1 aromatic carbocycles. The van der Waals surface area contributed by atoms with Crippen molar-refractivity contribution in [2.75, 3.05) is 12.4 Å². The quantitative estimate of drug-likeness (QED) is 0.360. The number of hydrogen-bond acceptors (Lipinski definition) is 5. The van der Waals surface area contributed by atoms with Gasteiger partial charge < -0.3 is 10.1 Å². The van der Waals surface area contributed by atoms with Crippen LogP contribution in [0.25, 0.3) is 0 Å². The molecule has 1 saturated heterocycles. The fourth-order valence-corrected chi connectivity index (χ4v) is 2.67.